The van der Waals surface area contributed by atoms with Gasteiger partial charge >= 0.3 is 0 Å². The summed E-state index contributed by atoms with van der Waals surface area (Å²) in [5.41, 5.74) is 3.23. The lowest BCUT2D eigenvalue weighted by Crippen LogP contribution is -2.33. The van der Waals surface area contributed by atoms with Gasteiger partial charge in [0.2, 0.25) is 11.8 Å². The molecule has 25 heavy (non-hydrogen) atoms. The van der Waals surface area contributed by atoms with Crippen molar-refractivity contribution in [2.75, 3.05) is 18.9 Å². The summed E-state index contributed by atoms with van der Waals surface area (Å²) in [7, 11) is 1.69. The van der Waals surface area contributed by atoms with Gasteiger partial charge in [0.05, 0.1) is 5.69 Å². The summed E-state index contributed by atoms with van der Waals surface area (Å²) in [4.78, 5) is 26.9. The van der Waals surface area contributed by atoms with E-state index < -0.39 is 17.6 Å². The molecule has 1 N–H and O–H groups in total. The van der Waals surface area contributed by atoms with Gasteiger partial charge in [-0.25, -0.2) is 4.39 Å². The van der Waals surface area contributed by atoms with Crippen molar-refractivity contribution in [2.24, 2.45) is 5.92 Å². The molecule has 0 saturated carbocycles. The van der Waals surface area contributed by atoms with Crippen LogP contribution < -0.4 is 5.32 Å². The second-order valence-corrected chi connectivity index (χ2v) is 6.69. The summed E-state index contributed by atoms with van der Waals surface area (Å²) in [6, 6.07) is 12.0. The average Bonchev–Trinajstić information content (AvgIpc) is 2.84. The number of hydrogen-bond donors (Lipinski definition) is 1. The molecule has 0 aliphatic carbocycles. The molecule has 1 aliphatic rings. The molecular formula is C20H21FN2O2. The first-order valence-corrected chi connectivity index (χ1v) is 8.25. The van der Waals surface area contributed by atoms with E-state index in [2.05, 4.69) is 11.4 Å². The maximum absolute atomic E-state index is 13.8. The van der Waals surface area contributed by atoms with E-state index in [1.54, 1.807) is 24.1 Å². The minimum Gasteiger partial charge on any atom is -0.344 e. The summed E-state index contributed by atoms with van der Waals surface area (Å²) < 4.78 is 13.8. The van der Waals surface area contributed by atoms with Crippen molar-refractivity contribution in [3.8, 4) is 0 Å². The Kier molecular flexibility index (Phi) is 4.57. The van der Waals surface area contributed by atoms with Crippen molar-refractivity contribution in [2.45, 2.75) is 19.8 Å². The number of anilines is 1. The van der Waals surface area contributed by atoms with Gasteiger partial charge in [-0.15, -0.1) is 0 Å². The number of benzene rings is 2. The summed E-state index contributed by atoms with van der Waals surface area (Å²) in [5.74, 6) is -2.33. The number of amides is 2. The number of para-hydroxylation sites is 1. The lowest BCUT2D eigenvalue weighted by molar-refractivity contribution is -0.135. The van der Waals surface area contributed by atoms with E-state index in [4.69, 9.17) is 0 Å². The second-order valence-electron chi connectivity index (χ2n) is 6.69. The number of carbonyl (C=O) groups excluding carboxylic acids is 2. The highest BCUT2D eigenvalue weighted by molar-refractivity contribution is 6.08. The number of nitrogens with zero attached hydrogens (tertiary/aromatic N) is 1. The number of nitrogens with one attached hydrogen (secondary N) is 1. The number of rotatable bonds is 3. The molecule has 2 aromatic carbocycles. The molecule has 0 unspecified atom stereocenters. The van der Waals surface area contributed by atoms with Gasteiger partial charge in [-0.05, 0) is 31.5 Å². The average molecular weight is 340 g/mol. The Labute approximate surface area is 146 Å². The van der Waals surface area contributed by atoms with Gasteiger partial charge in [0.1, 0.15) is 11.7 Å². The number of halogens is 1. The van der Waals surface area contributed by atoms with E-state index >= 15 is 0 Å². The standard InChI is InChI=1S/C20H21FN2O2/c1-12-8-13(2)10-14(9-12)15-11-23(3)20(25)18(15)19(24)22-17-7-5-4-6-16(17)21/h4-10,15,18H,11H2,1-3H3,(H,22,24)/t15-,18+/m1/s1. The Balaban J connectivity index is 1.92. The van der Waals surface area contributed by atoms with Gasteiger partial charge in [-0.3, -0.25) is 9.59 Å². The highest BCUT2D eigenvalue weighted by Gasteiger charge is 2.44. The van der Waals surface area contributed by atoms with E-state index in [9.17, 15) is 14.0 Å². The van der Waals surface area contributed by atoms with Crippen LogP contribution >= 0.6 is 0 Å². The van der Waals surface area contributed by atoms with Crippen LogP contribution in [0.3, 0.4) is 0 Å². The SMILES string of the molecule is Cc1cc(C)cc([C@H]2CN(C)C(=O)[C@@H]2C(=O)Nc2ccccc2F)c1. The summed E-state index contributed by atoms with van der Waals surface area (Å²) in [6.45, 7) is 4.45. The largest absolute Gasteiger partial charge is 0.344 e. The van der Waals surface area contributed by atoms with E-state index in [1.165, 1.54) is 12.1 Å². The minimum atomic E-state index is -0.856. The van der Waals surface area contributed by atoms with Crippen molar-refractivity contribution in [3.05, 3.63) is 65.0 Å². The second kappa shape index (κ2) is 6.67. The molecule has 130 valence electrons. The van der Waals surface area contributed by atoms with Crippen molar-refractivity contribution in [1.29, 1.82) is 0 Å². The smallest absolute Gasteiger partial charge is 0.237 e. The molecule has 0 spiro atoms. The lowest BCUT2D eigenvalue weighted by atomic mass is 9.86. The third-order valence-electron chi connectivity index (χ3n) is 4.60. The molecule has 2 aromatic rings. The molecule has 2 amide bonds. The molecule has 5 heteroatoms. The number of carbonyl (C=O) groups is 2. The Morgan fingerprint density at radius 2 is 1.80 bits per heavy atom. The number of likely N-dealkylation sites (N-methyl/N-ethyl adjacent to an activating group) is 1. The van der Waals surface area contributed by atoms with Crippen molar-refractivity contribution in [1.82, 2.24) is 4.90 Å². The first-order valence-electron chi connectivity index (χ1n) is 8.25. The monoisotopic (exact) mass is 340 g/mol. The molecule has 1 aliphatic heterocycles. The quantitative estimate of drug-likeness (QED) is 0.872. The summed E-state index contributed by atoms with van der Waals surface area (Å²) in [6.07, 6.45) is 0. The maximum Gasteiger partial charge on any atom is 0.237 e. The van der Waals surface area contributed by atoms with Crippen molar-refractivity contribution >= 4 is 17.5 Å². The molecule has 0 aromatic heterocycles. The van der Waals surface area contributed by atoms with Crippen LogP contribution in [0.25, 0.3) is 0 Å². The molecule has 1 saturated heterocycles. The predicted molar refractivity (Wildman–Crippen MR) is 94.8 cm³/mol. The molecule has 1 fully saturated rings. The fourth-order valence-electron chi connectivity index (χ4n) is 3.49. The van der Waals surface area contributed by atoms with Crippen LogP contribution in [0.2, 0.25) is 0 Å². The van der Waals surface area contributed by atoms with Crippen LogP contribution in [-0.4, -0.2) is 30.3 Å². The van der Waals surface area contributed by atoms with Gasteiger partial charge in [0, 0.05) is 19.5 Å². The van der Waals surface area contributed by atoms with Gasteiger partial charge < -0.3 is 10.2 Å². The third-order valence-corrected chi connectivity index (χ3v) is 4.60. The summed E-state index contributed by atoms with van der Waals surface area (Å²) in [5, 5.41) is 2.57. The molecular weight excluding hydrogens is 319 g/mol. The van der Waals surface area contributed by atoms with E-state index in [1.807, 2.05) is 26.0 Å². The number of hydrogen-bond acceptors (Lipinski definition) is 2. The highest BCUT2D eigenvalue weighted by atomic mass is 19.1. The number of likely N-dealkylation sites (tertiary alicyclic amines) is 1. The topological polar surface area (TPSA) is 49.4 Å². The fourth-order valence-corrected chi connectivity index (χ4v) is 3.49. The highest BCUT2D eigenvalue weighted by Crippen LogP contribution is 2.35. The molecule has 3 rings (SSSR count). The molecule has 4 nitrogen and oxygen atoms in total. The van der Waals surface area contributed by atoms with Crippen LogP contribution in [0.5, 0.6) is 0 Å². The summed E-state index contributed by atoms with van der Waals surface area (Å²) >= 11 is 0. The normalized spacial score (nSPS) is 20.0. The Hall–Kier alpha value is -2.69. The van der Waals surface area contributed by atoms with Gasteiger partial charge in [-0.2, -0.15) is 0 Å². The molecule has 0 bridgehead atoms. The predicted octanol–water partition coefficient (Wildman–Crippen LogP) is 3.25. The maximum atomic E-state index is 13.8. The van der Waals surface area contributed by atoms with Crippen LogP contribution in [0, 0.1) is 25.6 Å². The van der Waals surface area contributed by atoms with E-state index in [0.717, 1.165) is 16.7 Å². The first kappa shape index (κ1) is 17.1. The van der Waals surface area contributed by atoms with Crippen LogP contribution in [0.15, 0.2) is 42.5 Å². The van der Waals surface area contributed by atoms with Crippen molar-refractivity contribution in [3.63, 3.8) is 0 Å². The first-order chi connectivity index (χ1) is 11.9. The Morgan fingerprint density at radius 3 is 2.44 bits per heavy atom. The Bertz CT molecular complexity index is 814. The third kappa shape index (κ3) is 3.40. The zero-order valence-electron chi connectivity index (χ0n) is 14.5. The van der Waals surface area contributed by atoms with E-state index in [-0.39, 0.29) is 17.5 Å². The zero-order valence-corrected chi connectivity index (χ0v) is 14.5. The molecule has 1 heterocycles. The Morgan fingerprint density at radius 1 is 1.16 bits per heavy atom. The fraction of sp³-hybridized carbons (Fsp3) is 0.300. The van der Waals surface area contributed by atoms with Crippen LogP contribution in [0.4, 0.5) is 10.1 Å². The van der Waals surface area contributed by atoms with Crippen molar-refractivity contribution < 1.29 is 14.0 Å². The van der Waals surface area contributed by atoms with E-state index in [0.29, 0.717) is 6.54 Å². The zero-order chi connectivity index (χ0) is 18.1. The van der Waals surface area contributed by atoms with Crippen LogP contribution in [0.1, 0.15) is 22.6 Å². The van der Waals surface area contributed by atoms with Gasteiger partial charge in [0.25, 0.3) is 0 Å². The molecule has 2 atom stereocenters. The van der Waals surface area contributed by atoms with Gasteiger partial charge in [-0.1, -0.05) is 41.5 Å². The van der Waals surface area contributed by atoms with Gasteiger partial charge in [0.15, 0.2) is 0 Å². The lowest BCUT2D eigenvalue weighted by Gasteiger charge is -2.18. The molecule has 0 radical (unpaired) electrons. The minimum absolute atomic E-state index is 0.0917. The number of aryl methyl sites for hydroxylation is 2. The van der Waals surface area contributed by atoms with Crippen LogP contribution in [-0.2, 0) is 9.59 Å².